The molecule has 132 valence electrons. The second-order valence-corrected chi connectivity index (χ2v) is 6.18. The third-order valence-corrected chi connectivity index (χ3v) is 4.58. The van der Waals surface area contributed by atoms with E-state index in [0.717, 1.165) is 0 Å². The molecule has 0 unspecified atom stereocenters. The number of nitro groups is 1. The number of ketones is 1. The van der Waals surface area contributed by atoms with E-state index in [1.54, 1.807) is 0 Å². The number of hydrogen-bond acceptors (Lipinski definition) is 7. The molecule has 0 aromatic heterocycles. The van der Waals surface area contributed by atoms with Gasteiger partial charge in [0.05, 0.1) is 23.0 Å². The lowest BCUT2D eigenvalue weighted by Crippen LogP contribution is -2.64. The number of esters is 1. The molecule has 25 heavy (non-hydrogen) atoms. The number of hydrogen-bond donors (Lipinski definition) is 1. The number of carbonyl (C=O) groups is 3. The molecule has 1 amide bonds. The van der Waals surface area contributed by atoms with Gasteiger partial charge in [-0.3, -0.25) is 19.7 Å². The predicted octanol–water partition coefficient (Wildman–Crippen LogP) is 0.187. The molecule has 1 aromatic carbocycles. The van der Waals surface area contributed by atoms with Gasteiger partial charge < -0.3 is 14.7 Å². The number of β-lactam (4-membered cyclic amide) rings is 1. The van der Waals surface area contributed by atoms with Gasteiger partial charge in [0.2, 0.25) is 5.91 Å². The van der Waals surface area contributed by atoms with E-state index >= 15 is 0 Å². The second kappa shape index (κ2) is 6.25. The van der Waals surface area contributed by atoms with Gasteiger partial charge in [-0.25, -0.2) is 4.79 Å². The zero-order valence-corrected chi connectivity index (χ0v) is 13.3. The number of ether oxygens (including phenoxy) is 1. The molecule has 0 aliphatic carbocycles. The normalized spacial score (nSPS) is 26.0. The molecule has 0 radical (unpaired) electrons. The minimum absolute atomic E-state index is 0.0264. The van der Waals surface area contributed by atoms with Crippen LogP contribution >= 0.6 is 0 Å². The highest BCUT2D eigenvalue weighted by Crippen LogP contribution is 2.40. The van der Waals surface area contributed by atoms with Crippen molar-refractivity contribution in [1.82, 2.24) is 4.90 Å². The lowest BCUT2D eigenvalue weighted by Gasteiger charge is -2.45. The van der Waals surface area contributed by atoms with Crippen LogP contribution in [0.25, 0.3) is 0 Å². The minimum atomic E-state index is -1.27. The van der Waals surface area contributed by atoms with Gasteiger partial charge in [0.25, 0.3) is 5.69 Å². The van der Waals surface area contributed by atoms with Crippen molar-refractivity contribution in [1.29, 1.82) is 0 Å². The van der Waals surface area contributed by atoms with Crippen LogP contribution in [0.1, 0.15) is 18.9 Å². The summed E-state index contributed by atoms with van der Waals surface area (Å²) >= 11 is 0. The molecule has 2 saturated heterocycles. The summed E-state index contributed by atoms with van der Waals surface area (Å²) in [4.78, 5) is 47.6. The molecule has 2 heterocycles. The zero-order valence-electron chi connectivity index (χ0n) is 13.3. The molecule has 1 aromatic rings. The van der Waals surface area contributed by atoms with Gasteiger partial charge >= 0.3 is 5.97 Å². The van der Waals surface area contributed by atoms with Crippen molar-refractivity contribution in [2.24, 2.45) is 5.92 Å². The van der Waals surface area contributed by atoms with Crippen LogP contribution in [0.5, 0.6) is 0 Å². The quantitative estimate of drug-likeness (QED) is 0.264. The fourth-order valence-electron chi connectivity index (χ4n) is 3.33. The molecule has 1 N–H and O–H groups in total. The first-order valence-corrected chi connectivity index (χ1v) is 7.74. The Hall–Kier alpha value is -2.81. The molecule has 2 fully saturated rings. The third kappa shape index (κ3) is 2.86. The lowest BCUT2D eigenvalue weighted by atomic mass is 9.84. The Morgan fingerprint density at radius 3 is 2.60 bits per heavy atom. The van der Waals surface area contributed by atoms with Crippen LogP contribution < -0.4 is 0 Å². The Bertz CT molecular complexity index is 743. The molecule has 0 saturated carbocycles. The highest BCUT2D eigenvalue weighted by atomic mass is 16.6. The van der Waals surface area contributed by atoms with Crippen LogP contribution in [-0.4, -0.2) is 50.8 Å². The van der Waals surface area contributed by atoms with E-state index in [2.05, 4.69) is 0 Å². The fraction of sp³-hybridized carbons (Fsp3) is 0.438. The van der Waals surface area contributed by atoms with E-state index in [4.69, 9.17) is 4.74 Å². The van der Waals surface area contributed by atoms with Crippen molar-refractivity contribution in [3.05, 3.63) is 39.9 Å². The Balaban J connectivity index is 1.63. The first-order chi connectivity index (χ1) is 11.8. The zero-order chi connectivity index (χ0) is 18.3. The van der Waals surface area contributed by atoms with Gasteiger partial charge in [-0.15, -0.1) is 0 Å². The molecule has 3 rings (SSSR count). The maximum Gasteiger partial charge on any atom is 0.337 e. The highest BCUT2D eigenvalue weighted by molar-refractivity contribution is 6.11. The fourth-order valence-corrected chi connectivity index (χ4v) is 3.33. The van der Waals surface area contributed by atoms with Gasteiger partial charge in [-0.1, -0.05) is 0 Å². The Morgan fingerprint density at radius 2 is 2.04 bits per heavy atom. The van der Waals surface area contributed by atoms with Crippen LogP contribution in [0.3, 0.4) is 0 Å². The SMILES string of the molecule is C[C@@H](O)[C@@H]1C(=O)N2[C@@H](C(=O)OCc3ccc([N+](=O)[O-])cc3)C(=O)C[C@H]12. The van der Waals surface area contributed by atoms with Crippen molar-refractivity contribution >= 4 is 23.3 Å². The first-order valence-electron chi connectivity index (χ1n) is 7.74. The summed E-state index contributed by atoms with van der Waals surface area (Å²) in [6.07, 6.45) is -0.852. The smallest absolute Gasteiger partial charge is 0.337 e. The number of amides is 1. The van der Waals surface area contributed by atoms with E-state index in [9.17, 15) is 29.6 Å². The average Bonchev–Trinajstić information content (AvgIpc) is 2.85. The van der Waals surface area contributed by atoms with Crippen molar-refractivity contribution in [3.8, 4) is 0 Å². The van der Waals surface area contributed by atoms with Gasteiger partial charge in [0.1, 0.15) is 6.61 Å². The van der Waals surface area contributed by atoms with Crippen LogP contribution in [0, 0.1) is 16.0 Å². The summed E-state index contributed by atoms with van der Waals surface area (Å²) in [6.45, 7) is 1.32. The van der Waals surface area contributed by atoms with Crippen molar-refractivity contribution in [3.63, 3.8) is 0 Å². The first kappa shape index (κ1) is 17.0. The maximum atomic E-state index is 12.2. The Labute approximate surface area is 142 Å². The number of carbonyl (C=O) groups excluding carboxylic acids is 3. The summed E-state index contributed by atoms with van der Waals surface area (Å²) in [6, 6.07) is 3.73. The molecule has 2 aliphatic rings. The summed E-state index contributed by atoms with van der Waals surface area (Å²) in [5, 5.41) is 20.2. The van der Waals surface area contributed by atoms with Gasteiger partial charge in [-0.2, -0.15) is 0 Å². The predicted molar refractivity (Wildman–Crippen MR) is 82.1 cm³/mol. The number of rotatable bonds is 5. The van der Waals surface area contributed by atoms with E-state index in [1.807, 2.05) is 0 Å². The number of fused-ring (bicyclic) bond motifs is 1. The standard InChI is InChI=1S/C16H16N2O7/c1-8(19)13-11-6-12(20)14(17(11)15(13)21)16(22)25-7-9-2-4-10(5-3-9)18(23)24/h2-5,8,11,13-14,19H,6-7H2,1H3/t8-,11-,13+,14-/m1/s1. The maximum absolute atomic E-state index is 12.2. The number of nitro benzene ring substituents is 1. The highest BCUT2D eigenvalue weighted by Gasteiger charge is 2.61. The molecule has 2 aliphatic heterocycles. The topological polar surface area (TPSA) is 127 Å². The summed E-state index contributed by atoms with van der Waals surface area (Å²) < 4.78 is 5.09. The molecular formula is C16H16N2O7. The van der Waals surface area contributed by atoms with E-state index < -0.39 is 46.7 Å². The van der Waals surface area contributed by atoms with E-state index in [-0.39, 0.29) is 18.7 Å². The number of non-ortho nitro benzene ring substituents is 1. The van der Waals surface area contributed by atoms with Crippen molar-refractivity contribution in [2.75, 3.05) is 0 Å². The molecular weight excluding hydrogens is 332 g/mol. The number of aliphatic hydroxyl groups excluding tert-OH is 1. The van der Waals surface area contributed by atoms with Crippen molar-refractivity contribution < 1.29 is 29.2 Å². The Kier molecular flexibility index (Phi) is 4.25. The molecule has 9 nitrogen and oxygen atoms in total. The number of Topliss-reactive ketones (excluding diaryl/α,β-unsaturated/α-hetero) is 1. The summed E-state index contributed by atoms with van der Waals surface area (Å²) in [5.41, 5.74) is 0.442. The molecule has 4 atom stereocenters. The average molecular weight is 348 g/mol. The number of benzene rings is 1. The molecule has 0 spiro atoms. The third-order valence-electron chi connectivity index (χ3n) is 4.58. The van der Waals surface area contributed by atoms with Crippen LogP contribution in [0.15, 0.2) is 24.3 Å². The van der Waals surface area contributed by atoms with Crippen LogP contribution in [0.2, 0.25) is 0 Å². The van der Waals surface area contributed by atoms with Gasteiger partial charge in [0.15, 0.2) is 11.8 Å². The minimum Gasteiger partial charge on any atom is -0.459 e. The molecule has 9 heteroatoms. The Morgan fingerprint density at radius 1 is 1.40 bits per heavy atom. The van der Waals surface area contributed by atoms with Crippen molar-refractivity contribution in [2.45, 2.75) is 38.1 Å². The lowest BCUT2D eigenvalue weighted by molar-refractivity contribution is -0.384. The van der Waals surface area contributed by atoms with Crippen LogP contribution in [-0.2, 0) is 25.7 Å². The second-order valence-electron chi connectivity index (χ2n) is 6.18. The number of nitrogens with zero attached hydrogens (tertiary/aromatic N) is 2. The van der Waals surface area contributed by atoms with Gasteiger partial charge in [0, 0.05) is 18.6 Å². The summed E-state index contributed by atoms with van der Waals surface area (Å²) in [5.74, 6) is -2.32. The summed E-state index contributed by atoms with van der Waals surface area (Å²) in [7, 11) is 0. The van der Waals surface area contributed by atoms with Gasteiger partial charge in [-0.05, 0) is 24.6 Å². The monoisotopic (exact) mass is 348 g/mol. The van der Waals surface area contributed by atoms with Crippen LogP contribution in [0.4, 0.5) is 5.69 Å². The van der Waals surface area contributed by atoms with E-state index in [1.165, 1.54) is 36.1 Å². The van der Waals surface area contributed by atoms with E-state index in [0.29, 0.717) is 5.56 Å². The number of aliphatic hydroxyl groups is 1. The molecule has 0 bridgehead atoms. The largest absolute Gasteiger partial charge is 0.459 e.